The first kappa shape index (κ1) is 21.0. The number of halogens is 3. The molecule has 2 aromatic carbocycles. The van der Waals surface area contributed by atoms with Crippen LogP contribution in [0.25, 0.3) is 33.0 Å². The van der Waals surface area contributed by atoms with Crippen molar-refractivity contribution in [2.45, 2.75) is 19.1 Å². The first-order valence-corrected chi connectivity index (χ1v) is 10.3. The predicted molar refractivity (Wildman–Crippen MR) is 117 cm³/mol. The van der Waals surface area contributed by atoms with Gasteiger partial charge in [0.05, 0.1) is 16.7 Å². The summed E-state index contributed by atoms with van der Waals surface area (Å²) in [6, 6.07) is 11.0. The summed E-state index contributed by atoms with van der Waals surface area (Å²) in [4.78, 5) is 28.8. The van der Waals surface area contributed by atoms with Crippen molar-refractivity contribution < 1.29 is 27.9 Å². The summed E-state index contributed by atoms with van der Waals surface area (Å²) in [6.07, 6.45) is -1.32. The number of imide groups is 1. The fraction of sp³-hybridized carbons (Fsp3) is 0.167. The number of carbonyl (C=O) groups excluding carboxylic acids is 2. The van der Waals surface area contributed by atoms with Crippen molar-refractivity contribution in [2.24, 2.45) is 0 Å². The van der Waals surface area contributed by atoms with Gasteiger partial charge in [-0.15, -0.1) is 0 Å². The van der Waals surface area contributed by atoms with E-state index in [1.807, 2.05) is 6.07 Å². The van der Waals surface area contributed by atoms with Gasteiger partial charge in [-0.25, -0.2) is 0 Å². The Balaban J connectivity index is 1.86. The second-order valence-corrected chi connectivity index (χ2v) is 7.79. The standard InChI is InChI=1S/C24H18F3N3O3/c25-24(26,27)16-6-3-8-18-19(16)15(12-30(18)9-4-10-31)21-20(22(32)29-23(21)33)14-11-28-17-7-2-1-5-13(14)17/h1-3,5-8,11-12,28,31H,4,9-10H2,(H,29,32,33). The van der Waals surface area contributed by atoms with E-state index in [0.29, 0.717) is 17.4 Å². The topological polar surface area (TPSA) is 87.1 Å². The molecule has 3 heterocycles. The van der Waals surface area contributed by atoms with Gasteiger partial charge >= 0.3 is 6.18 Å². The predicted octanol–water partition coefficient (Wildman–Crippen LogP) is 4.09. The number of amides is 2. The molecule has 0 bridgehead atoms. The largest absolute Gasteiger partial charge is 0.417 e. The minimum atomic E-state index is -4.67. The van der Waals surface area contributed by atoms with Crippen LogP contribution in [-0.4, -0.2) is 33.1 Å². The highest BCUT2D eigenvalue weighted by Crippen LogP contribution is 2.43. The second kappa shape index (κ2) is 7.63. The van der Waals surface area contributed by atoms with Gasteiger partial charge in [0.2, 0.25) is 0 Å². The van der Waals surface area contributed by atoms with Crippen molar-refractivity contribution in [2.75, 3.05) is 6.61 Å². The summed E-state index contributed by atoms with van der Waals surface area (Å²) in [5, 5.41) is 12.0. The molecule has 3 N–H and O–H groups in total. The number of para-hydroxylation sites is 1. The number of H-pyrrole nitrogens is 1. The molecule has 33 heavy (non-hydrogen) atoms. The molecule has 5 rings (SSSR count). The lowest BCUT2D eigenvalue weighted by Gasteiger charge is -2.11. The molecule has 0 fully saturated rings. The Bertz CT molecular complexity index is 1460. The minimum Gasteiger partial charge on any atom is -0.396 e. The molecule has 1 aliphatic heterocycles. The number of benzene rings is 2. The van der Waals surface area contributed by atoms with E-state index in [-0.39, 0.29) is 40.8 Å². The summed E-state index contributed by atoms with van der Waals surface area (Å²) >= 11 is 0. The number of carbonyl (C=O) groups is 2. The Kier molecular flexibility index (Phi) is 4.86. The zero-order valence-electron chi connectivity index (χ0n) is 17.2. The summed E-state index contributed by atoms with van der Waals surface area (Å²) in [7, 11) is 0. The lowest BCUT2D eigenvalue weighted by Crippen LogP contribution is -2.22. The number of aromatic nitrogens is 2. The zero-order valence-corrected chi connectivity index (χ0v) is 17.2. The van der Waals surface area contributed by atoms with Gasteiger partial charge in [0.1, 0.15) is 0 Å². The molecule has 2 amide bonds. The number of hydrogen-bond donors (Lipinski definition) is 3. The lowest BCUT2D eigenvalue weighted by atomic mass is 9.94. The summed E-state index contributed by atoms with van der Waals surface area (Å²) in [6.45, 7) is 0.107. The number of nitrogens with one attached hydrogen (secondary N) is 2. The number of aromatic amines is 1. The quantitative estimate of drug-likeness (QED) is 0.398. The lowest BCUT2D eigenvalue weighted by molar-refractivity contribution is -0.136. The number of hydrogen-bond acceptors (Lipinski definition) is 3. The zero-order chi connectivity index (χ0) is 23.3. The molecule has 0 spiro atoms. The Morgan fingerprint density at radius 2 is 1.67 bits per heavy atom. The van der Waals surface area contributed by atoms with Crippen molar-refractivity contribution in [3.63, 3.8) is 0 Å². The maximum absolute atomic E-state index is 14.0. The van der Waals surface area contributed by atoms with Crippen LogP contribution in [0.2, 0.25) is 0 Å². The minimum absolute atomic E-state index is 0.0237. The molecule has 4 aromatic rings. The third kappa shape index (κ3) is 3.32. The van der Waals surface area contributed by atoms with E-state index < -0.39 is 23.6 Å². The van der Waals surface area contributed by atoms with Gasteiger partial charge in [0, 0.05) is 58.5 Å². The molecule has 0 aliphatic carbocycles. The average Bonchev–Trinajstić information content (AvgIpc) is 3.44. The third-order valence-corrected chi connectivity index (χ3v) is 5.83. The van der Waals surface area contributed by atoms with Crippen LogP contribution in [-0.2, 0) is 22.3 Å². The second-order valence-electron chi connectivity index (χ2n) is 7.79. The SMILES string of the molecule is O=C1NC(=O)C(c2cn(CCCO)c3cccc(C(F)(F)F)c23)=C1c1c[nH]c2ccccc12. The van der Waals surface area contributed by atoms with Crippen LogP contribution >= 0.6 is 0 Å². The van der Waals surface area contributed by atoms with Gasteiger partial charge in [0.15, 0.2) is 0 Å². The smallest absolute Gasteiger partial charge is 0.396 e. The van der Waals surface area contributed by atoms with Crippen molar-refractivity contribution in [1.29, 1.82) is 0 Å². The first-order valence-electron chi connectivity index (χ1n) is 10.3. The molecule has 2 aromatic heterocycles. The molecule has 168 valence electrons. The Morgan fingerprint density at radius 1 is 0.939 bits per heavy atom. The van der Waals surface area contributed by atoms with Crippen molar-refractivity contribution in [1.82, 2.24) is 14.9 Å². The van der Waals surface area contributed by atoms with E-state index >= 15 is 0 Å². The van der Waals surface area contributed by atoms with E-state index in [1.165, 1.54) is 18.3 Å². The highest BCUT2D eigenvalue weighted by molar-refractivity contribution is 6.50. The van der Waals surface area contributed by atoms with E-state index in [9.17, 15) is 27.9 Å². The van der Waals surface area contributed by atoms with Crippen molar-refractivity contribution >= 4 is 44.8 Å². The number of nitrogens with zero attached hydrogens (tertiary/aromatic N) is 1. The van der Waals surface area contributed by atoms with Gasteiger partial charge in [0.25, 0.3) is 11.8 Å². The van der Waals surface area contributed by atoms with Crippen molar-refractivity contribution in [3.8, 4) is 0 Å². The highest BCUT2D eigenvalue weighted by Gasteiger charge is 2.39. The normalized spacial score (nSPS) is 14.7. The van der Waals surface area contributed by atoms with Gasteiger partial charge in [-0.2, -0.15) is 13.2 Å². The molecular formula is C24H18F3N3O3. The molecule has 0 saturated heterocycles. The number of aliphatic hydroxyl groups is 1. The first-order chi connectivity index (χ1) is 15.8. The van der Waals surface area contributed by atoms with Gasteiger partial charge in [-0.1, -0.05) is 24.3 Å². The Morgan fingerprint density at radius 3 is 2.39 bits per heavy atom. The fourth-order valence-corrected chi connectivity index (χ4v) is 4.45. The molecular weight excluding hydrogens is 435 g/mol. The maximum atomic E-state index is 14.0. The summed E-state index contributed by atoms with van der Waals surface area (Å²) < 4.78 is 43.5. The summed E-state index contributed by atoms with van der Waals surface area (Å²) in [5.74, 6) is -1.42. The van der Waals surface area contributed by atoms with Crippen LogP contribution in [0.5, 0.6) is 0 Å². The average molecular weight is 453 g/mol. The Labute approximate surface area is 185 Å². The van der Waals surface area contributed by atoms with Crippen molar-refractivity contribution in [3.05, 3.63) is 71.5 Å². The molecule has 0 atom stereocenters. The Hall–Kier alpha value is -3.85. The van der Waals surface area contributed by atoms with Crippen LogP contribution < -0.4 is 5.32 Å². The fourth-order valence-electron chi connectivity index (χ4n) is 4.45. The van der Waals surface area contributed by atoms with E-state index in [1.54, 1.807) is 29.0 Å². The molecule has 9 heteroatoms. The number of fused-ring (bicyclic) bond motifs is 2. The third-order valence-electron chi connectivity index (χ3n) is 5.83. The monoisotopic (exact) mass is 453 g/mol. The molecule has 0 unspecified atom stereocenters. The maximum Gasteiger partial charge on any atom is 0.417 e. The van der Waals surface area contributed by atoms with Crippen LogP contribution in [0.3, 0.4) is 0 Å². The molecule has 6 nitrogen and oxygen atoms in total. The van der Waals surface area contributed by atoms with E-state index in [4.69, 9.17) is 0 Å². The number of aliphatic hydroxyl groups excluding tert-OH is 1. The van der Waals surface area contributed by atoms with Crippen LogP contribution in [0.1, 0.15) is 23.1 Å². The van der Waals surface area contributed by atoms with Gasteiger partial charge in [-0.05, 0) is 24.6 Å². The summed E-state index contributed by atoms with van der Waals surface area (Å²) in [5.41, 5.74) is 0.490. The highest BCUT2D eigenvalue weighted by atomic mass is 19.4. The number of alkyl halides is 3. The van der Waals surface area contributed by atoms with Crippen LogP contribution in [0.4, 0.5) is 13.2 Å². The van der Waals surface area contributed by atoms with E-state index in [2.05, 4.69) is 10.3 Å². The van der Waals surface area contributed by atoms with E-state index in [0.717, 1.165) is 11.6 Å². The van der Waals surface area contributed by atoms with Crippen LogP contribution in [0, 0.1) is 0 Å². The van der Waals surface area contributed by atoms with Gasteiger partial charge < -0.3 is 14.7 Å². The molecule has 1 aliphatic rings. The number of aryl methyl sites for hydroxylation is 1. The molecule has 0 radical (unpaired) electrons. The molecule has 0 saturated carbocycles. The van der Waals surface area contributed by atoms with Crippen LogP contribution in [0.15, 0.2) is 54.9 Å². The van der Waals surface area contributed by atoms with Gasteiger partial charge in [-0.3, -0.25) is 14.9 Å². The number of rotatable bonds is 5.